The average molecular weight is 519 g/mol. The predicted molar refractivity (Wildman–Crippen MR) is 141 cm³/mol. The fourth-order valence-electron chi connectivity index (χ4n) is 3.33. The third kappa shape index (κ3) is 6.12. The third-order valence-electron chi connectivity index (χ3n) is 7.72. The first kappa shape index (κ1) is 28.6. The van der Waals surface area contributed by atoms with Gasteiger partial charge in [0.1, 0.15) is 0 Å². The molecule has 0 aromatic carbocycles. The highest BCUT2D eigenvalue weighted by atomic mass is 32.2. The third-order valence-corrected chi connectivity index (χ3v) is 18.3. The van der Waals surface area contributed by atoms with Crippen LogP contribution in [-0.4, -0.2) is 50.8 Å². The Morgan fingerprint density at radius 3 is 2.09 bits per heavy atom. The van der Waals surface area contributed by atoms with Crippen LogP contribution >= 0.6 is 11.8 Å². The van der Waals surface area contributed by atoms with Crippen molar-refractivity contribution in [2.75, 3.05) is 13.3 Å². The smallest absolute Gasteiger partial charge is 0.329 e. The van der Waals surface area contributed by atoms with Gasteiger partial charge in [-0.05, 0) is 43.2 Å². The van der Waals surface area contributed by atoms with Gasteiger partial charge in [-0.15, -0.1) is 11.8 Å². The summed E-state index contributed by atoms with van der Waals surface area (Å²) in [5.41, 5.74) is -0.503. The van der Waals surface area contributed by atoms with Crippen molar-refractivity contribution in [3.05, 3.63) is 32.6 Å². The summed E-state index contributed by atoms with van der Waals surface area (Å²) < 4.78 is 29.4. The minimum absolute atomic E-state index is 0.0349. The molecule has 0 amide bonds. The van der Waals surface area contributed by atoms with E-state index >= 15 is 0 Å². The average Bonchev–Trinajstić information content (AvgIpc) is 2.97. The van der Waals surface area contributed by atoms with Gasteiger partial charge in [0.15, 0.2) is 16.6 Å². The monoisotopic (exact) mass is 518 g/mol. The van der Waals surface area contributed by atoms with Gasteiger partial charge in [-0.25, -0.2) is 4.79 Å². The molecule has 1 aromatic rings. The van der Waals surface area contributed by atoms with Gasteiger partial charge in [-0.3, -0.25) is 18.7 Å². The molecule has 10 heteroatoms. The molecule has 0 saturated carbocycles. The minimum atomic E-state index is -2.21. The highest BCUT2D eigenvalue weighted by Gasteiger charge is 2.51. The molecular weight excluding hydrogens is 476 g/mol. The second kappa shape index (κ2) is 9.75. The molecule has 1 saturated heterocycles. The summed E-state index contributed by atoms with van der Waals surface area (Å²) in [5, 5.41) is -0.566. The summed E-state index contributed by atoms with van der Waals surface area (Å²) >= 11 is 1.53. The van der Waals surface area contributed by atoms with Crippen LogP contribution in [0.3, 0.4) is 0 Å². The normalized spacial score (nSPS) is 25.0. The lowest BCUT2D eigenvalue weighted by molar-refractivity contribution is 0.0840. The van der Waals surface area contributed by atoms with E-state index < -0.39 is 45.9 Å². The number of hydrogen-bond acceptors (Lipinski definition) is 5. The van der Waals surface area contributed by atoms with E-state index in [-0.39, 0.29) is 21.4 Å². The molecule has 1 aliphatic heterocycles. The van der Waals surface area contributed by atoms with Crippen LogP contribution in [0.2, 0.25) is 36.3 Å². The number of aromatic nitrogens is 2. The number of H-pyrrole nitrogens is 1. The molecule has 4 atom stereocenters. The fraction of sp³-hybridized carbons (Fsp3) is 0.826. The van der Waals surface area contributed by atoms with Crippen LogP contribution in [0, 0.1) is 12.8 Å². The molecule has 0 bridgehead atoms. The quantitative estimate of drug-likeness (QED) is 0.486. The molecule has 1 N–H and O–H groups in total. The number of aryl methyl sites for hydroxylation is 1. The summed E-state index contributed by atoms with van der Waals surface area (Å²) in [6.45, 7) is 23.3. The first-order valence-electron chi connectivity index (χ1n) is 11.7. The van der Waals surface area contributed by atoms with Gasteiger partial charge < -0.3 is 8.85 Å². The Balaban J connectivity index is 2.47. The van der Waals surface area contributed by atoms with Crippen molar-refractivity contribution in [3.8, 4) is 0 Å². The lowest BCUT2D eigenvalue weighted by Gasteiger charge is -2.42. The maximum absolute atomic E-state index is 14.6. The van der Waals surface area contributed by atoms with E-state index in [1.54, 1.807) is 13.1 Å². The van der Waals surface area contributed by atoms with Gasteiger partial charge in [0.25, 0.3) is 5.56 Å². The number of rotatable bonds is 7. The maximum atomic E-state index is 14.6. The molecule has 2 heterocycles. The van der Waals surface area contributed by atoms with E-state index in [2.05, 4.69) is 72.7 Å². The van der Waals surface area contributed by atoms with Crippen LogP contribution in [0.4, 0.5) is 4.39 Å². The van der Waals surface area contributed by atoms with Crippen molar-refractivity contribution >= 4 is 28.4 Å². The molecule has 33 heavy (non-hydrogen) atoms. The van der Waals surface area contributed by atoms with E-state index in [0.29, 0.717) is 12.2 Å². The van der Waals surface area contributed by atoms with Crippen LogP contribution in [0.5, 0.6) is 0 Å². The Hall–Kier alpha value is -0.686. The van der Waals surface area contributed by atoms with E-state index in [0.717, 1.165) is 0 Å². The molecule has 1 aromatic heterocycles. The fourth-order valence-corrected chi connectivity index (χ4v) is 7.58. The summed E-state index contributed by atoms with van der Waals surface area (Å²) in [6.07, 6.45) is 1.16. The lowest BCUT2D eigenvalue weighted by atomic mass is 10.0. The summed E-state index contributed by atoms with van der Waals surface area (Å²) in [6, 6.07) is 0. The Morgan fingerprint density at radius 1 is 1.06 bits per heavy atom. The van der Waals surface area contributed by atoms with Crippen molar-refractivity contribution in [1.82, 2.24) is 9.55 Å². The SMILES string of the molecule is Cc1cn([C@@H]2S[C@H](CO[Si](C)(C)C(C)(C)C)[C@@H](O[Si](C)(C)C(C)(C)C)[C@@H]2CF)c(=O)[nH]c1=O. The summed E-state index contributed by atoms with van der Waals surface area (Å²) in [5.74, 6) is -0.514. The van der Waals surface area contributed by atoms with Crippen LogP contribution in [0.25, 0.3) is 0 Å². The topological polar surface area (TPSA) is 73.3 Å². The van der Waals surface area contributed by atoms with E-state index in [4.69, 9.17) is 8.85 Å². The van der Waals surface area contributed by atoms with Crippen molar-refractivity contribution < 1.29 is 13.2 Å². The molecule has 0 aliphatic carbocycles. The second-order valence-electron chi connectivity index (χ2n) is 12.3. The molecule has 0 unspecified atom stereocenters. The largest absolute Gasteiger partial charge is 0.416 e. The number of aromatic amines is 1. The maximum Gasteiger partial charge on any atom is 0.329 e. The molecule has 0 spiro atoms. The standard InChI is InChI=1S/C23H43FN2O4SSi2/c1-15-13-26(21(28)25-19(15)27)20-16(12-24)18(30-33(10,11)23(5,6)7)17(31-20)14-29-32(8,9)22(2,3)4/h13,16-18,20H,12,14H2,1-11H3,(H,25,27,28)/t16-,17+,18-,20+/m0/s1. The molecule has 0 radical (unpaired) electrons. The molecule has 6 nitrogen and oxygen atoms in total. The Labute approximate surface area is 204 Å². The van der Waals surface area contributed by atoms with E-state index in [1.165, 1.54) is 16.3 Å². The first-order valence-corrected chi connectivity index (χ1v) is 18.4. The Morgan fingerprint density at radius 2 is 1.61 bits per heavy atom. The number of hydrogen-bond donors (Lipinski definition) is 1. The molecular formula is C23H43FN2O4SSi2. The zero-order chi connectivity index (χ0) is 25.6. The zero-order valence-corrected chi connectivity index (χ0v) is 25.0. The minimum Gasteiger partial charge on any atom is -0.416 e. The highest BCUT2D eigenvalue weighted by Crippen LogP contribution is 2.50. The van der Waals surface area contributed by atoms with E-state index in [1.807, 2.05) is 0 Å². The number of thioether (sulfide) groups is 1. The number of nitrogens with zero attached hydrogens (tertiary/aromatic N) is 1. The molecule has 1 aliphatic rings. The van der Waals surface area contributed by atoms with Crippen LogP contribution in [0.1, 0.15) is 52.5 Å². The number of alkyl halides is 1. The number of halogens is 1. The van der Waals surface area contributed by atoms with Crippen molar-refractivity contribution in [2.24, 2.45) is 5.92 Å². The zero-order valence-electron chi connectivity index (χ0n) is 22.2. The molecule has 2 rings (SSSR count). The van der Waals surface area contributed by atoms with Gasteiger partial charge in [0, 0.05) is 24.3 Å². The lowest BCUT2D eigenvalue weighted by Crippen LogP contribution is -2.50. The van der Waals surface area contributed by atoms with Crippen molar-refractivity contribution in [3.63, 3.8) is 0 Å². The van der Waals surface area contributed by atoms with Gasteiger partial charge in [-0.2, -0.15) is 0 Å². The van der Waals surface area contributed by atoms with Crippen LogP contribution in [-0.2, 0) is 8.85 Å². The van der Waals surface area contributed by atoms with Gasteiger partial charge in [0.05, 0.1) is 23.4 Å². The van der Waals surface area contributed by atoms with Gasteiger partial charge >= 0.3 is 5.69 Å². The molecule has 1 fully saturated rings. The van der Waals surface area contributed by atoms with Gasteiger partial charge in [-0.1, -0.05) is 41.5 Å². The first-order chi connectivity index (χ1) is 14.8. The van der Waals surface area contributed by atoms with Crippen LogP contribution in [0.15, 0.2) is 15.8 Å². The van der Waals surface area contributed by atoms with Gasteiger partial charge in [0.2, 0.25) is 0 Å². The summed E-state index contributed by atoms with van der Waals surface area (Å²) in [7, 11) is -4.24. The summed E-state index contributed by atoms with van der Waals surface area (Å²) in [4.78, 5) is 26.9. The van der Waals surface area contributed by atoms with Crippen LogP contribution < -0.4 is 11.2 Å². The Kier molecular flexibility index (Phi) is 8.44. The highest BCUT2D eigenvalue weighted by molar-refractivity contribution is 8.00. The molecule has 190 valence electrons. The Bertz CT molecular complexity index is 949. The number of nitrogens with one attached hydrogen (secondary N) is 1. The van der Waals surface area contributed by atoms with E-state index in [9.17, 15) is 14.0 Å². The van der Waals surface area contributed by atoms with Crippen molar-refractivity contribution in [1.29, 1.82) is 0 Å². The van der Waals surface area contributed by atoms with Crippen molar-refractivity contribution in [2.45, 2.75) is 101 Å². The predicted octanol–water partition coefficient (Wildman–Crippen LogP) is 5.46. The second-order valence-corrected chi connectivity index (χ2v) is 23.2.